The van der Waals surface area contributed by atoms with Crippen LogP contribution in [0, 0.1) is 5.82 Å². The van der Waals surface area contributed by atoms with E-state index in [0.29, 0.717) is 11.3 Å². The van der Waals surface area contributed by atoms with Gasteiger partial charge in [-0.15, -0.1) is 0 Å². The van der Waals surface area contributed by atoms with Crippen LogP contribution in [0.4, 0.5) is 18.9 Å². The number of nitrogens with zero attached hydrogens (tertiary/aromatic N) is 1. The van der Waals surface area contributed by atoms with Gasteiger partial charge in [-0.3, -0.25) is 0 Å². The van der Waals surface area contributed by atoms with Crippen molar-refractivity contribution in [1.82, 2.24) is 0 Å². The first-order valence-corrected chi connectivity index (χ1v) is 5.20. The van der Waals surface area contributed by atoms with Gasteiger partial charge in [0.05, 0.1) is 13.2 Å². The lowest BCUT2D eigenvalue weighted by Gasteiger charge is -2.24. The smallest absolute Gasteiger partial charge is 0.255 e. The summed E-state index contributed by atoms with van der Waals surface area (Å²) in [5.74, 6) is -0.528. The van der Waals surface area contributed by atoms with Crippen molar-refractivity contribution >= 4 is 5.69 Å². The molecular formula is C11H15F3N2O. The van der Waals surface area contributed by atoms with Crippen LogP contribution in [0.3, 0.4) is 0 Å². The van der Waals surface area contributed by atoms with E-state index in [1.54, 1.807) is 6.07 Å². The molecule has 3 nitrogen and oxygen atoms in total. The minimum absolute atomic E-state index is 0.0256. The van der Waals surface area contributed by atoms with Gasteiger partial charge in [-0.2, -0.15) is 0 Å². The highest BCUT2D eigenvalue weighted by molar-refractivity contribution is 5.49. The third-order valence-corrected chi connectivity index (χ3v) is 2.27. The van der Waals surface area contributed by atoms with E-state index < -0.39 is 18.8 Å². The maximum atomic E-state index is 13.2. The van der Waals surface area contributed by atoms with Gasteiger partial charge in [0.2, 0.25) is 0 Å². The zero-order valence-electron chi connectivity index (χ0n) is 9.24. The summed E-state index contributed by atoms with van der Waals surface area (Å²) in [6.07, 6.45) is -2.55. The molecule has 0 atom stereocenters. The number of hydrogen-bond acceptors (Lipinski definition) is 3. The molecule has 0 fully saturated rings. The number of benzene rings is 1. The average Bonchev–Trinajstić information content (AvgIpc) is 2.27. The van der Waals surface area contributed by atoms with Crippen molar-refractivity contribution in [1.29, 1.82) is 0 Å². The van der Waals surface area contributed by atoms with Crippen molar-refractivity contribution in [2.24, 2.45) is 5.73 Å². The molecule has 0 aliphatic rings. The van der Waals surface area contributed by atoms with Gasteiger partial charge < -0.3 is 15.7 Å². The third-order valence-electron chi connectivity index (χ3n) is 2.27. The normalized spacial score (nSPS) is 10.9. The predicted octanol–water partition coefficient (Wildman–Crippen LogP) is 1.35. The second-order valence-corrected chi connectivity index (χ2v) is 3.58. The summed E-state index contributed by atoms with van der Waals surface area (Å²) in [6, 6.07) is 3.95. The molecule has 0 saturated carbocycles. The molecule has 0 aromatic heterocycles. The molecule has 0 saturated heterocycles. The number of alkyl halides is 2. The molecule has 3 N–H and O–H groups in total. The van der Waals surface area contributed by atoms with E-state index in [2.05, 4.69) is 0 Å². The molecule has 0 radical (unpaired) electrons. The highest BCUT2D eigenvalue weighted by Gasteiger charge is 2.13. The van der Waals surface area contributed by atoms with E-state index in [1.165, 1.54) is 11.0 Å². The van der Waals surface area contributed by atoms with Crippen molar-refractivity contribution in [2.45, 2.75) is 13.0 Å². The van der Waals surface area contributed by atoms with Crippen LogP contribution in [0.2, 0.25) is 0 Å². The van der Waals surface area contributed by atoms with Crippen LogP contribution in [0.25, 0.3) is 0 Å². The lowest BCUT2D eigenvalue weighted by atomic mass is 10.1. The second kappa shape index (κ2) is 6.46. The highest BCUT2D eigenvalue weighted by Crippen LogP contribution is 2.19. The van der Waals surface area contributed by atoms with E-state index in [1.807, 2.05) is 0 Å². The Morgan fingerprint density at radius 3 is 2.53 bits per heavy atom. The quantitative estimate of drug-likeness (QED) is 0.799. The zero-order chi connectivity index (χ0) is 12.8. The van der Waals surface area contributed by atoms with Crippen LogP contribution >= 0.6 is 0 Å². The van der Waals surface area contributed by atoms with Gasteiger partial charge in [-0.1, -0.05) is 0 Å². The van der Waals surface area contributed by atoms with Crippen molar-refractivity contribution < 1.29 is 18.3 Å². The van der Waals surface area contributed by atoms with Gasteiger partial charge >= 0.3 is 0 Å². The maximum absolute atomic E-state index is 13.2. The molecule has 0 heterocycles. The molecule has 0 aliphatic carbocycles. The summed E-state index contributed by atoms with van der Waals surface area (Å²) in [4.78, 5) is 1.23. The van der Waals surface area contributed by atoms with Gasteiger partial charge in [-0.25, -0.2) is 13.2 Å². The molecule has 0 bridgehead atoms. The lowest BCUT2D eigenvalue weighted by Crippen LogP contribution is -2.31. The average molecular weight is 248 g/mol. The Balaban J connectivity index is 2.95. The fourth-order valence-corrected chi connectivity index (χ4v) is 1.55. The van der Waals surface area contributed by atoms with Gasteiger partial charge in [0.1, 0.15) is 5.82 Å². The first kappa shape index (κ1) is 13.8. The van der Waals surface area contributed by atoms with E-state index in [-0.39, 0.29) is 19.7 Å². The summed E-state index contributed by atoms with van der Waals surface area (Å²) >= 11 is 0. The van der Waals surface area contributed by atoms with Crippen molar-refractivity contribution in [3.63, 3.8) is 0 Å². The van der Waals surface area contributed by atoms with Crippen LogP contribution < -0.4 is 10.6 Å². The summed E-state index contributed by atoms with van der Waals surface area (Å²) in [5, 5.41) is 8.80. The highest BCUT2D eigenvalue weighted by atomic mass is 19.3. The largest absolute Gasteiger partial charge is 0.395 e. The molecular weight excluding hydrogens is 233 g/mol. The fourth-order valence-electron chi connectivity index (χ4n) is 1.55. The van der Waals surface area contributed by atoms with Gasteiger partial charge in [0, 0.05) is 18.8 Å². The minimum Gasteiger partial charge on any atom is -0.395 e. The number of rotatable bonds is 6. The lowest BCUT2D eigenvalue weighted by molar-refractivity contribution is 0.153. The van der Waals surface area contributed by atoms with Gasteiger partial charge in [0.15, 0.2) is 0 Å². The molecule has 0 unspecified atom stereocenters. The Kier molecular flexibility index (Phi) is 5.24. The SMILES string of the molecule is NCc1cc(F)cc(N(CCO)CC(F)F)c1. The Bertz CT molecular complexity index is 361. The summed E-state index contributed by atoms with van der Waals surface area (Å²) < 4.78 is 37.9. The number of nitrogens with two attached hydrogens (primary N) is 1. The fraction of sp³-hybridized carbons (Fsp3) is 0.455. The first-order chi connectivity index (χ1) is 8.06. The number of aliphatic hydroxyl groups excluding tert-OH is 1. The molecule has 0 spiro atoms. The maximum Gasteiger partial charge on any atom is 0.255 e. The van der Waals surface area contributed by atoms with E-state index in [9.17, 15) is 13.2 Å². The molecule has 1 rings (SSSR count). The van der Waals surface area contributed by atoms with E-state index >= 15 is 0 Å². The molecule has 0 aliphatic heterocycles. The van der Waals surface area contributed by atoms with Crippen LogP contribution in [0.1, 0.15) is 5.56 Å². The van der Waals surface area contributed by atoms with Crippen molar-refractivity contribution in [2.75, 3.05) is 24.6 Å². The van der Waals surface area contributed by atoms with E-state index in [4.69, 9.17) is 10.8 Å². The van der Waals surface area contributed by atoms with Crippen molar-refractivity contribution in [3.05, 3.63) is 29.6 Å². The van der Waals surface area contributed by atoms with Crippen LogP contribution in [0.5, 0.6) is 0 Å². The molecule has 96 valence electrons. The number of anilines is 1. The topological polar surface area (TPSA) is 49.5 Å². The Morgan fingerprint density at radius 2 is 2.00 bits per heavy atom. The van der Waals surface area contributed by atoms with Crippen LogP contribution in [-0.2, 0) is 6.54 Å². The number of hydrogen-bond donors (Lipinski definition) is 2. The Morgan fingerprint density at radius 1 is 1.29 bits per heavy atom. The molecule has 0 amide bonds. The van der Waals surface area contributed by atoms with Gasteiger partial charge in [-0.05, 0) is 23.8 Å². The Hall–Kier alpha value is -1.27. The molecule has 17 heavy (non-hydrogen) atoms. The first-order valence-electron chi connectivity index (χ1n) is 5.20. The van der Waals surface area contributed by atoms with Crippen LogP contribution in [-0.4, -0.2) is 31.2 Å². The molecule has 1 aromatic rings. The summed E-state index contributed by atoms with van der Waals surface area (Å²) in [7, 11) is 0. The zero-order valence-corrected chi connectivity index (χ0v) is 9.24. The second-order valence-electron chi connectivity index (χ2n) is 3.58. The monoisotopic (exact) mass is 248 g/mol. The number of aliphatic hydroxyl groups is 1. The summed E-state index contributed by atoms with van der Waals surface area (Å²) in [6.45, 7) is -0.667. The summed E-state index contributed by atoms with van der Waals surface area (Å²) in [5.41, 5.74) is 6.21. The van der Waals surface area contributed by atoms with Gasteiger partial charge in [0.25, 0.3) is 6.43 Å². The molecule has 6 heteroatoms. The standard InChI is InChI=1S/C11H15F3N2O/c12-9-3-8(6-15)4-10(5-9)16(1-2-17)7-11(13)14/h3-5,11,17H,1-2,6-7,15H2. The molecule has 1 aromatic carbocycles. The third kappa shape index (κ3) is 4.24. The van der Waals surface area contributed by atoms with Crippen LogP contribution in [0.15, 0.2) is 18.2 Å². The Labute approximate surface area is 97.6 Å². The minimum atomic E-state index is -2.55. The number of halogens is 3. The van der Waals surface area contributed by atoms with Crippen molar-refractivity contribution in [3.8, 4) is 0 Å². The van der Waals surface area contributed by atoms with E-state index in [0.717, 1.165) is 6.07 Å². The predicted molar refractivity (Wildman–Crippen MR) is 59.6 cm³/mol.